The van der Waals surface area contributed by atoms with E-state index in [4.69, 9.17) is 4.74 Å². The number of ether oxygens (including phenoxy) is 1. The molecule has 2 aromatic carbocycles. The Hall–Kier alpha value is -2.49. The zero-order valence-electron chi connectivity index (χ0n) is 14.0. The van der Waals surface area contributed by atoms with E-state index in [1.807, 2.05) is 57.2 Å². The molecule has 122 valence electrons. The normalized spacial score (nSPS) is 10.2. The fraction of sp³-hybridized carbons (Fsp3) is 0.316. The number of hydrogen-bond donors (Lipinski definition) is 2. The molecule has 2 N–H and O–H groups in total. The van der Waals surface area contributed by atoms with Crippen molar-refractivity contribution in [2.45, 2.75) is 27.2 Å². The van der Waals surface area contributed by atoms with E-state index in [0.29, 0.717) is 6.54 Å². The number of urea groups is 1. The molecule has 4 nitrogen and oxygen atoms in total. The average Bonchev–Trinajstić information content (AvgIpc) is 2.55. The number of carbonyl (C=O) groups excluding carboxylic acids is 1. The van der Waals surface area contributed by atoms with Gasteiger partial charge in [0, 0.05) is 6.54 Å². The highest BCUT2D eigenvalue weighted by atomic mass is 16.5. The summed E-state index contributed by atoms with van der Waals surface area (Å²) in [5, 5.41) is 5.55. The quantitative estimate of drug-likeness (QED) is 0.802. The van der Waals surface area contributed by atoms with Gasteiger partial charge in [-0.3, -0.25) is 0 Å². The topological polar surface area (TPSA) is 50.4 Å². The molecule has 0 heterocycles. The van der Waals surface area contributed by atoms with Crippen LogP contribution in [0.15, 0.2) is 42.5 Å². The Bertz CT molecular complexity index is 654. The number of hydrogen-bond acceptors (Lipinski definition) is 2. The fourth-order valence-electron chi connectivity index (χ4n) is 2.35. The Morgan fingerprint density at radius 3 is 2.39 bits per heavy atom. The van der Waals surface area contributed by atoms with Gasteiger partial charge in [-0.1, -0.05) is 42.5 Å². The van der Waals surface area contributed by atoms with E-state index in [9.17, 15) is 4.79 Å². The number of amides is 2. The van der Waals surface area contributed by atoms with E-state index in [-0.39, 0.29) is 12.8 Å². The summed E-state index contributed by atoms with van der Waals surface area (Å²) >= 11 is 0. The van der Waals surface area contributed by atoms with Crippen LogP contribution in [-0.4, -0.2) is 19.3 Å². The fourth-order valence-corrected chi connectivity index (χ4v) is 2.35. The van der Waals surface area contributed by atoms with Crippen molar-refractivity contribution >= 4 is 6.03 Å². The van der Waals surface area contributed by atoms with E-state index >= 15 is 0 Å². The summed E-state index contributed by atoms with van der Waals surface area (Å²) in [7, 11) is 0. The largest absolute Gasteiger partial charge is 0.473 e. The molecule has 0 saturated carbocycles. The minimum absolute atomic E-state index is 0.155. The lowest BCUT2D eigenvalue weighted by Crippen LogP contribution is -2.38. The van der Waals surface area contributed by atoms with E-state index in [0.717, 1.165) is 23.3 Å². The molecule has 0 unspecified atom stereocenters. The molecule has 0 fully saturated rings. The maximum absolute atomic E-state index is 11.8. The van der Waals surface area contributed by atoms with E-state index in [2.05, 4.69) is 16.7 Å². The van der Waals surface area contributed by atoms with E-state index in [1.54, 1.807) is 0 Å². The minimum Gasteiger partial charge on any atom is -0.473 e. The Kier molecular flexibility index (Phi) is 6.03. The molecule has 2 rings (SSSR count). The summed E-state index contributed by atoms with van der Waals surface area (Å²) in [4.78, 5) is 11.8. The van der Waals surface area contributed by atoms with Gasteiger partial charge in [0.25, 0.3) is 0 Å². The number of rotatable bonds is 6. The first-order chi connectivity index (χ1) is 11.1. The first-order valence-electron chi connectivity index (χ1n) is 7.83. The van der Waals surface area contributed by atoms with Crippen LogP contribution >= 0.6 is 0 Å². The monoisotopic (exact) mass is 312 g/mol. The van der Waals surface area contributed by atoms with Crippen LogP contribution in [0.3, 0.4) is 0 Å². The molecule has 2 aromatic rings. The van der Waals surface area contributed by atoms with Crippen molar-refractivity contribution in [1.29, 1.82) is 0 Å². The Morgan fingerprint density at radius 1 is 0.957 bits per heavy atom. The lowest BCUT2D eigenvalue weighted by molar-refractivity contribution is 0.223. The lowest BCUT2D eigenvalue weighted by atomic mass is 10.1. The second-order valence-electron chi connectivity index (χ2n) is 5.61. The SMILES string of the molecule is Cc1ccc(C)c(OCNC(=O)NCCc2ccccc2)c1C. The first-order valence-corrected chi connectivity index (χ1v) is 7.83. The molecule has 0 aromatic heterocycles. The summed E-state index contributed by atoms with van der Waals surface area (Å²) in [5.41, 5.74) is 4.56. The van der Waals surface area contributed by atoms with Crippen LogP contribution in [0, 0.1) is 20.8 Å². The minimum atomic E-state index is -0.219. The highest BCUT2D eigenvalue weighted by Crippen LogP contribution is 2.25. The van der Waals surface area contributed by atoms with Gasteiger partial charge in [0.2, 0.25) is 0 Å². The second-order valence-corrected chi connectivity index (χ2v) is 5.61. The van der Waals surface area contributed by atoms with Crippen molar-refractivity contribution in [2.24, 2.45) is 0 Å². The highest BCUT2D eigenvalue weighted by Gasteiger charge is 2.07. The average molecular weight is 312 g/mol. The zero-order valence-corrected chi connectivity index (χ0v) is 14.0. The summed E-state index contributed by atoms with van der Waals surface area (Å²) in [6.45, 7) is 6.82. The summed E-state index contributed by atoms with van der Waals surface area (Å²) in [5.74, 6) is 0.842. The van der Waals surface area contributed by atoms with E-state index < -0.39 is 0 Å². The second kappa shape index (κ2) is 8.22. The lowest BCUT2D eigenvalue weighted by Gasteiger charge is -2.14. The van der Waals surface area contributed by atoms with Crippen LogP contribution in [0.25, 0.3) is 0 Å². The molecule has 0 bridgehead atoms. The van der Waals surface area contributed by atoms with Crippen LogP contribution in [0.4, 0.5) is 4.79 Å². The van der Waals surface area contributed by atoms with Crippen molar-refractivity contribution in [3.63, 3.8) is 0 Å². The van der Waals surface area contributed by atoms with Gasteiger partial charge >= 0.3 is 6.03 Å². The number of nitrogens with one attached hydrogen (secondary N) is 2. The van der Waals surface area contributed by atoms with Gasteiger partial charge in [-0.05, 0) is 49.4 Å². The van der Waals surface area contributed by atoms with Gasteiger partial charge in [0.15, 0.2) is 6.73 Å². The van der Waals surface area contributed by atoms with Crippen molar-refractivity contribution < 1.29 is 9.53 Å². The molecule has 0 aliphatic carbocycles. The smallest absolute Gasteiger partial charge is 0.317 e. The first kappa shape index (κ1) is 16.9. The van der Waals surface area contributed by atoms with Crippen molar-refractivity contribution in [3.05, 3.63) is 64.7 Å². The summed E-state index contributed by atoms with van der Waals surface area (Å²) in [6, 6.07) is 13.9. The molecular formula is C19H24N2O2. The zero-order chi connectivity index (χ0) is 16.7. The Morgan fingerprint density at radius 2 is 1.65 bits per heavy atom. The van der Waals surface area contributed by atoms with Gasteiger partial charge in [0.05, 0.1) is 0 Å². The number of carbonyl (C=O) groups is 1. The van der Waals surface area contributed by atoms with Crippen molar-refractivity contribution in [1.82, 2.24) is 10.6 Å². The maximum atomic E-state index is 11.8. The molecular weight excluding hydrogens is 288 g/mol. The van der Waals surface area contributed by atoms with E-state index in [1.165, 1.54) is 11.1 Å². The summed E-state index contributed by atoms with van der Waals surface area (Å²) < 4.78 is 5.71. The van der Waals surface area contributed by atoms with Gasteiger partial charge in [-0.15, -0.1) is 0 Å². The van der Waals surface area contributed by atoms with Crippen LogP contribution in [0.2, 0.25) is 0 Å². The van der Waals surface area contributed by atoms with Crippen LogP contribution in [-0.2, 0) is 6.42 Å². The molecule has 0 radical (unpaired) electrons. The number of benzene rings is 2. The Labute approximate surface area is 137 Å². The third kappa shape index (κ3) is 5.02. The van der Waals surface area contributed by atoms with Crippen LogP contribution < -0.4 is 15.4 Å². The summed E-state index contributed by atoms with van der Waals surface area (Å²) in [6.07, 6.45) is 0.811. The van der Waals surface area contributed by atoms with Gasteiger partial charge in [-0.25, -0.2) is 4.79 Å². The highest BCUT2D eigenvalue weighted by molar-refractivity contribution is 5.73. The molecule has 4 heteroatoms. The molecule has 0 aliphatic heterocycles. The predicted molar refractivity (Wildman–Crippen MR) is 92.8 cm³/mol. The third-order valence-corrected chi connectivity index (χ3v) is 3.86. The molecule has 0 aliphatic rings. The van der Waals surface area contributed by atoms with Gasteiger partial charge in [0.1, 0.15) is 5.75 Å². The molecule has 0 saturated heterocycles. The van der Waals surface area contributed by atoms with Crippen LogP contribution in [0.5, 0.6) is 5.75 Å². The third-order valence-electron chi connectivity index (χ3n) is 3.86. The van der Waals surface area contributed by atoms with Gasteiger partial charge < -0.3 is 15.4 Å². The molecule has 0 atom stereocenters. The Balaban J connectivity index is 1.72. The maximum Gasteiger partial charge on any atom is 0.317 e. The number of aryl methyl sites for hydroxylation is 2. The predicted octanol–water partition coefficient (Wildman–Crippen LogP) is 3.49. The molecule has 2 amide bonds. The molecule has 0 spiro atoms. The van der Waals surface area contributed by atoms with Crippen molar-refractivity contribution in [2.75, 3.05) is 13.3 Å². The standard InChI is InChI=1S/C19H24N2O2/c1-14-9-10-15(2)18(16(14)3)23-13-21-19(22)20-12-11-17-7-5-4-6-8-17/h4-10H,11-13H2,1-3H3,(H2,20,21,22). The van der Waals surface area contributed by atoms with Crippen LogP contribution in [0.1, 0.15) is 22.3 Å². The van der Waals surface area contributed by atoms with Gasteiger partial charge in [-0.2, -0.15) is 0 Å². The molecule has 23 heavy (non-hydrogen) atoms. The van der Waals surface area contributed by atoms with Crippen molar-refractivity contribution in [3.8, 4) is 5.75 Å².